The second-order valence-electron chi connectivity index (χ2n) is 7.33. The standard InChI is InChI=1S/C22H20N4OS/c1-12(2)22(27)24-10-8-15-18-17-14(13-5-3-4-6-16(13)26-18)7-9-23-19(17)20-21(15)28-11-25-20/h3-7,9,11-12,26H,8,10H2,1-2H3,(H,24,27). The van der Waals surface area contributed by atoms with E-state index in [1.807, 2.05) is 31.6 Å². The van der Waals surface area contributed by atoms with Crippen LogP contribution in [0.5, 0.6) is 0 Å². The summed E-state index contributed by atoms with van der Waals surface area (Å²) >= 11 is 1.63. The highest BCUT2D eigenvalue weighted by Gasteiger charge is 2.24. The minimum Gasteiger partial charge on any atom is -0.356 e. The molecule has 2 aromatic heterocycles. The van der Waals surface area contributed by atoms with E-state index in [-0.39, 0.29) is 11.8 Å². The number of carbonyl (C=O) groups excluding carboxylic acids is 1. The molecule has 1 aliphatic heterocycles. The number of thiazole rings is 1. The van der Waals surface area contributed by atoms with Gasteiger partial charge >= 0.3 is 0 Å². The Labute approximate surface area is 166 Å². The highest BCUT2D eigenvalue weighted by atomic mass is 32.1. The Kier molecular flexibility index (Phi) is 4.02. The molecule has 0 atom stereocenters. The Morgan fingerprint density at radius 2 is 2.00 bits per heavy atom. The number of para-hydroxylation sites is 1. The Bertz CT molecular complexity index is 1230. The number of benzene rings is 2. The Morgan fingerprint density at radius 1 is 1.14 bits per heavy atom. The van der Waals surface area contributed by atoms with Crippen LogP contribution in [0.1, 0.15) is 19.4 Å². The number of amides is 1. The molecule has 0 saturated heterocycles. The van der Waals surface area contributed by atoms with Crippen LogP contribution in [0.3, 0.4) is 0 Å². The van der Waals surface area contributed by atoms with Crippen molar-refractivity contribution in [3.05, 3.63) is 47.6 Å². The van der Waals surface area contributed by atoms with Gasteiger partial charge in [-0.3, -0.25) is 9.78 Å². The maximum atomic E-state index is 12.0. The van der Waals surface area contributed by atoms with E-state index in [1.165, 1.54) is 16.7 Å². The lowest BCUT2D eigenvalue weighted by Crippen LogP contribution is -2.29. The molecule has 4 aromatic rings. The van der Waals surface area contributed by atoms with Crippen molar-refractivity contribution in [2.75, 3.05) is 11.9 Å². The Balaban J connectivity index is 1.70. The van der Waals surface area contributed by atoms with E-state index in [1.54, 1.807) is 11.3 Å². The quantitative estimate of drug-likeness (QED) is 0.460. The van der Waals surface area contributed by atoms with Crippen LogP contribution in [-0.2, 0) is 11.2 Å². The molecule has 5 rings (SSSR count). The van der Waals surface area contributed by atoms with Gasteiger partial charge in [-0.2, -0.15) is 0 Å². The van der Waals surface area contributed by atoms with Gasteiger partial charge in [0.2, 0.25) is 5.91 Å². The highest BCUT2D eigenvalue weighted by Crippen LogP contribution is 2.47. The number of nitrogens with zero attached hydrogens (tertiary/aromatic N) is 2. The fourth-order valence-corrected chi connectivity index (χ4v) is 4.74. The SMILES string of the molecule is CC(C)C(=O)NCCc1c2c3c(ccnc3c3ncsc13)-c1ccccc1N2. The molecular formula is C22H20N4OS. The van der Waals surface area contributed by atoms with Gasteiger partial charge in [-0.15, -0.1) is 11.3 Å². The van der Waals surface area contributed by atoms with Gasteiger partial charge in [0.25, 0.3) is 0 Å². The average molecular weight is 388 g/mol. The summed E-state index contributed by atoms with van der Waals surface area (Å²) in [5.41, 5.74) is 9.48. The number of hydrogen-bond donors (Lipinski definition) is 2. The first-order valence-electron chi connectivity index (χ1n) is 9.46. The van der Waals surface area contributed by atoms with Gasteiger partial charge in [0.05, 0.1) is 15.9 Å². The summed E-state index contributed by atoms with van der Waals surface area (Å²) in [6.45, 7) is 4.42. The van der Waals surface area contributed by atoms with Crippen LogP contribution < -0.4 is 10.6 Å². The third kappa shape index (κ3) is 2.56. The first kappa shape index (κ1) is 17.1. The minimum atomic E-state index is -0.0146. The van der Waals surface area contributed by atoms with Crippen molar-refractivity contribution in [3.8, 4) is 11.1 Å². The Hall–Kier alpha value is -2.99. The fraction of sp³-hybridized carbons (Fsp3) is 0.227. The van der Waals surface area contributed by atoms with Crippen LogP contribution in [0, 0.1) is 5.92 Å². The lowest BCUT2D eigenvalue weighted by Gasteiger charge is -2.25. The van der Waals surface area contributed by atoms with Crippen LogP contribution in [0.2, 0.25) is 0 Å². The first-order valence-corrected chi connectivity index (χ1v) is 10.3. The van der Waals surface area contributed by atoms with Crippen LogP contribution in [0.25, 0.3) is 32.2 Å². The summed E-state index contributed by atoms with van der Waals surface area (Å²) in [6, 6.07) is 10.4. The molecule has 3 heterocycles. The van der Waals surface area contributed by atoms with E-state index < -0.39 is 0 Å². The summed E-state index contributed by atoms with van der Waals surface area (Å²) in [6.07, 6.45) is 2.61. The molecule has 0 saturated carbocycles. The van der Waals surface area contributed by atoms with Gasteiger partial charge in [-0.25, -0.2) is 4.98 Å². The van der Waals surface area contributed by atoms with Crippen LogP contribution in [0.4, 0.5) is 11.4 Å². The molecule has 140 valence electrons. The monoisotopic (exact) mass is 388 g/mol. The number of rotatable bonds is 4. The molecule has 5 nitrogen and oxygen atoms in total. The van der Waals surface area contributed by atoms with E-state index in [2.05, 4.69) is 44.9 Å². The number of hydrogen-bond acceptors (Lipinski definition) is 5. The summed E-state index contributed by atoms with van der Waals surface area (Å²) in [7, 11) is 0. The number of carbonyl (C=O) groups is 1. The third-order valence-electron chi connectivity index (χ3n) is 5.24. The lowest BCUT2D eigenvalue weighted by molar-refractivity contribution is -0.123. The maximum absolute atomic E-state index is 12.0. The van der Waals surface area contributed by atoms with Crippen molar-refractivity contribution >= 4 is 49.7 Å². The highest BCUT2D eigenvalue weighted by molar-refractivity contribution is 7.17. The maximum Gasteiger partial charge on any atom is 0.222 e. The van der Waals surface area contributed by atoms with Crippen molar-refractivity contribution in [3.63, 3.8) is 0 Å². The molecule has 0 aliphatic carbocycles. The van der Waals surface area contributed by atoms with Gasteiger partial charge in [-0.1, -0.05) is 32.0 Å². The van der Waals surface area contributed by atoms with Crippen molar-refractivity contribution in [2.24, 2.45) is 5.92 Å². The van der Waals surface area contributed by atoms with Gasteiger partial charge in [0.15, 0.2) is 0 Å². The molecule has 0 fully saturated rings. The molecule has 0 spiro atoms. The molecule has 2 N–H and O–H groups in total. The van der Waals surface area contributed by atoms with E-state index in [4.69, 9.17) is 0 Å². The van der Waals surface area contributed by atoms with Crippen molar-refractivity contribution < 1.29 is 4.79 Å². The zero-order chi connectivity index (χ0) is 19.3. The van der Waals surface area contributed by atoms with E-state index in [0.717, 1.165) is 38.9 Å². The predicted octanol–water partition coefficient (Wildman–Crippen LogP) is 4.88. The summed E-state index contributed by atoms with van der Waals surface area (Å²) in [5.74, 6) is 0.0647. The molecule has 0 unspecified atom stereocenters. The molecule has 1 aliphatic rings. The molecule has 1 amide bonds. The average Bonchev–Trinajstić information content (AvgIpc) is 3.20. The molecule has 0 bridgehead atoms. The number of nitrogens with one attached hydrogen (secondary N) is 2. The van der Waals surface area contributed by atoms with Crippen LogP contribution in [-0.4, -0.2) is 22.4 Å². The lowest BCUT2D eigenvalue weighted by atomic mass is 9.91. The zero-order valence-corrected chi connectivity index (χ0v) is 16.6. The van der Waals surface area contributed by atoms with Gasteiger partial charge in [0, 0.05) is 35.3 Å². The summed E-state index contributed by atoms with van der Waals surface area (Å²) in [4.78, 5) is 21.3. The largest absolute Gasteiger partial charge is 0.356 e. The van der Waals surface area contributed by atoms with E-state index in [9.17, 15) is 4.79 Å². The van der Waals surface area contributed by atoms with Crippen LogP contribution in [0.15, 0.2) is 42.0 Å². The number of pyridine rings is 1. The predicted molar refractivity (Wildman–Crippen MR) is 115 cm³/mol. The minimum absolute atomic E-state index is 0.0146. The Morgan fingerprint density at radius 3 is 2.86 bits per heavy atom. The smallest absolute Gasteiger partial charge is 0.222 e. The van der Waals surface area contributed by atoms with Crippen LogP contribution >= 0.6 is 11.3 Å². The van der Waals surface area contributed by atoms with Crippen molar-refractivity contribution in [2.45, 2.75) is 20.3 Å². The topological polar surface area (TPSA) is 66.9 Å². The second kappa shape index (κ2) is 6.56. The number of anilines is 2. The normalized spacial score (nSPS) is 12.2. The number of aromatic nitrogens is 2. The molecule has 28 heavy (non-hydrogen) atoms. The zero-order valence-electron chi connectivity index (χ0n) is 15.7. The number of fused-ring (bicyclic) bond motifs is 4. The van der Waals surface area contributed by atoms with E-state index >= 15 is 0 Å². The second-order valence-corrected chi connectivity index (χ2v) is 8.19. The molecule has 0 radical (unpaired) electrons. The molecule has 6 heteroatoms. The first-order chi connectivity index (χ1) is 13.6. The summed E-state index contributed by atoms with van der Waals surface area (Å²) < 4.78 is 1.14. The molecule has 2 aromatic carbocycles. The van der Waals surface area contributed by atoms with Gasteiger partial charge < -0.3 is 10.6 Å². The van der Waals surface area contributed by atoms with Gasteiger partial charge in [0.1, 0.15) is 11.0 Å². The third-order valence-corrected chi connectivity index (χ3v) is 6.13. The van der Waals surface area contributed by atoms with Crippen molar-refractivity contribution in [1.82, 2.24) is 15.3 Å². The van der Waals surface area contributed by atoms with E-state index in [0.29, 0.717) is 6.54 Å². The van der Waals surface area contributed by atoms with Crippen molar-refractivity contribution in [1.29, 1.82) is 0 Å². The van der Waals surface area contributed by atoms with Gasteiger partial charge in [-0.05, 0) is 29.7 Å². The fourth-order valence-electron chi connectivity index (χ4n) is 3.87. The molecular weight excluding hydrogens is 368 g/mol. The summed E-state index contributed by atoms with van der Waals surface area (Å²) in [5, 5.41) is 7.80.